The van der Waals surface area contributed by atoms with Crippen molar-refractivity contribution in [3.63, 3.8) is 0 Å². The van der Waals surface area contributed by atoms with E-state index in [1.54, 1.807) is 12.1 Å². The second-order valence-corrected chi connectivity index (χ2v) is 7.73. The number of halogens is 2. The van der Waals surface area contributed by atoms with Crippen LogP contribution in [0.1, 0.15) is 12.5 Å². The number of esters is 1. The molecule has 0 aliphatic carbocycles. The first-order chi connectivity index (χ1) is 15.5. The van der Waals surface area contributed by atoms with E-state index in [9.17, 15) is 4.79 Å². The van der Waals surface area contributed by atoms with E-state index in [2.05, 4.69) is 40.4 Å². The van der Waals surface area contributed by atoms with E-state index >= 15 is 0 Å². The molecule has 0 saturated heterocycles. The van der Waals surface area contributed by atoms with Crippen molar-refractivity contribution >= 4 is 51.3 Å². The van der Waals surface area contributed by atoms with E-state index in [-0.39, 0.29) is 5.97 Å². The summed E-state index contributed by atoms with van der Waals surface area (Å²) in [5.74, 6) is 0.559. The minimum atomic E-state index is -0.245. The van der Waals surface area contributed by atoms with Gasteiger partial charge in [-0.2, -0.15) is 0 Å². The lowest BCUT2D eigenvalue weighted by Crippen LogP contribution is -1.96. The summed E-state index contributed by atoms with van der Waals surface area (Å²) < 4.78 is 10.0. The fraction of sp³-hybridized carbons (Fsp3) is 0.115. The van der Waals surface area contributed by atoms with Crippen LogP contribution < -0.4 is 10.1 Å². The van der Waals surface area contributed by atoms with Crippen LogP contribution >= 0.6 is 23.2 Å². The number of benzene rings is 4. The van der Waals surface area contributed by atoms with Crippen molar-refractivity contribution in [2.45, 2.75) is 13.5 Å². The van der Waals surface area contributed by atoms with Crippen molar-refractivity contribution in [3.8, 4) is 5.75 Å². The molecule has 0 aliphatic rings. The van der Waals surface area contributed by atoms with E-state index < -0.39 is 0 Å². The lowest BCUT2D eigenvalue weighted by molar-refractivity contribution is -0.137. The zero-order valence-electron chi connectivity index (χ0n) is 17.8. The molecule has 4 rings (SSSR count). The third kappa shape index (κ3) is 6.64. The van der Waals surface area contributed by atoms with Gasteiger partial charge in [-0.25, -0.2) is 0 Å². The summed E-state index contributed by atoms with van der Waals surface area (Å²) in [5.41, 5.74) is 2.73. The molecule has 0 spiro atoms. The van der Waals surface area contributed by atoms with Crippen LogP contribution in [0.5, 0.6) is 5.75 Å². The monoisotopic (exact) mass is 467 g/mol. The zero-order valence-corrected chi connectivity index (χ0v) is 19.3. The van der Waals surface area contributed by atoms with Gasteiger partial charge in [0.1, 0.15) is 12.4 Å². The number of fused-ring (bicyclic) bond motifs is 1. The molecular weight excluding hydrogens is 445 g/mol. The van der Waals surface area contributed by atoms with Crippen molar-refractivity contribution in [1.82, 2.24) is 0 Å². The molecule has 164 valence electrons. The Bertz CT molecular complexity index is 1170. The number of anilines is 2. The summed E-state index contributed by atoms with van der Waals surface area (Å²) in [7, 11) is 1.35. The summed E-state index contributed by atoms with van der Waals surface area (Å²) in [4.78, 5) is 9.59. The number of hydrogen-bond donors (Lipinski definition) is 1. The maximum absolute atomic E-state index is 9.59. The topological polar surface area (TPSA) is 47.6 Å². The molecule has 0 atom stereocenters. The number of ether oxygens (including phenoxy) is 2. The van der Waals surface area contributed by atoms with E-state index in [1.165, 1.54) is 24.8 Å². The Morgan fingerprint density at radius 2 is 1.47 bits per heavy atom. The lowest BCUT2D eigenvalue weighted by atomic mass is 10.1. The summed E-state index contributed by atoms with van der Waals surface area (Å²) >= 11 is 12.4. The van der Waals surface area contributed by atoms with Gasteiger partial charge in [0.25, 0.3) is 0 Å². The van der Waals surface area contributed by atoms with Gasteiger partial charge in [-0.3, -0.25) is 4.79 Å². The average Bonchev–Trinajstić information content (AvgIpc) is 2.81. The highest BCUT2D eigenvalue weighted by Crippen LogP contribution is 2.33. The van der Waals surface area contributed by atoms with Crippen LogP contribution in [0.2, 0.25) is 10.0 Å². The van der Waals surface area contributed by atoms with E-state index in [1.807, 2.05) is 42.5 Å². The second-order valence-electron chi connectivity index (χ2n) is 6.91. The van der Waals surface area contributed by atoms with Crippen LogP contribution in [0.3, 0.4) is 0 Å². The molecule has 0 heterocycles. The predicted octanol–water partition coefficient (Wildman–Crippen LogP) is 7.65. The fourth-order valence-electron chi connectivity index (χ4n) is 2.89. The number of carbonyl (C=O) groups excluding carboxylic acids is 1. The molecule has 0 saturated carbocycles. The molecule has 6 heteroatoms. The number of nitrogens with one attached hydrogen (secondary N) is 1. The summed E-state index contributed by atoms with van der Waals surface area (Å²) in [6.45, 7) is 1.88. The standard InChI is InChI=1S/C23H17Cl2NO.C3H6O2/c24-21-6-3-7-22(25)23(21)26-19-10-12-20(13-11-19)27-15-16-8-9-17-4-1-2-5-18(17)14-16;1-3(4)5-2/h1-14,26H,15H2;1-2H3. The van der Waals surface area contributed by atoms with Gasteiger partial charge in [0.05, 0.1) is 22.8 Å². The SMILES string of the molecule is COC(C)=O.Clc1cccc(Cl)c1Nc1ccc(OCc2ccc3ccccc3c2)cc1. The van der Waals surface area contributed by atoms with E-state index in [0.29, 0.717) is 22.3 Å². The molecule has 32 heavy (non-hydrogen) atoms. The normalized spacial score (nSPS) is 10.1. The Kier molecular flexibility index (Phi) is 8.37. The number of hydrogen-bond acceptors (Lipinski definition) is 4. The molecule has 4 aromatic rings. The van der Waals surface area contributed by atoms with Crippen molar-refractivity contribution in [3.05, 3.63) is 101 Å². The van der Waals surface area contributed by atoms with E-state index in [0.717, 1.165) is 17.0 Å². The number of para-hydroxylation sites is 1. The van der Waals surface area contributed by atoms with Crippen LogP contribution in [0, 0.1) is 0 Å². The van der Waals surface area contributed by atoms with Crippen molar-refractivity contribution in [2.75, 3.05) is 12.4 Å². The first-order valence-electron chi connectivity index (χ1n) is 9.92. The largest absolute Gasteiger partial charge is 0.489 e. The quantitative estimate of drug-likeness (QED) is 0.306. The van der Waals surface area contributed by atoms with Crippen LogP contribution in [0.4, 0.5) is 11.4 Å². The molecular formula is C26H23Cl2NO3. The van der Waals surface area contributed by atoms with Crippen molar-refractivity contribution in [2.24, 2.45) is 0 Å². The highest BCUT2D eigenvalue weighted by Gasteiger charge is 2.06. The van der Waals surface area contributed by atoms with Gasteiger partial charge in [-0.1, -0.05) is 65.7 Å². The maximum atomic E-state index is 9.59. The molecule has 0 radical (unpaired) electrons. The Morgan fingerprint density at radius 3 is 2.09 bits per heavy atom. The first kappa shape index (κ1) is 23.5. The van der Waals surface area contributed by atoms with Gasteiger partial charge in [-0.05, 0) is 58.8 Å². The molecule has 0 aliphatic heterocycles. The lowest BCUT2D eigenvalue weighted by Gasteiger charge is -2.12. The highest BCUT2D eigenvalue weighted by molar-refractivity contribution is 6.39. The summed E-state index contributed by atoms with van der Waals surface area (Å²) in [5, 5.41) is 6.86. The number of methoxy groups -OCH3 is 1. The Balaban J connectivity index is 0.000000523. The molecule has 4 nitrogen and oxygen atoms in total. The Labute approximate surface area is 197 Å². The van der Waals surface area contributed by atoms with E-state index in [4.69, 9.17) is 27.9 Å². The molecule has 0 fully saturated rings. The predicted molar refractivity (Wildman–Crippen MR) is 132 cm³/mol. The highest BCUT2D eigenvalue weighted by atomic mass is 35.5. The minimum absolute atomic E-state index is 0.245. The molecule has 4 aromatic carbocycles. The van der Waals surface area contributed by atoms with Gasteiger partial charge < -0.3 is 14.8 Å². The average molecular weight is 468 g/mol. The number of carbonyl (C=O) groups is 1. The Hall–Kier alpha value is -3.21. The van der Waals surface area contributed by atoms with Crippen molar-refractivity contribution < 1.29 is 14.3 Å². The van der Waals surface area contributed by atoms with Gasteiger partial charge in [-0.15, -0.1) is 0 Å². The van der Waals surface area contributed by atoms with Gasteiger partial charge in [0, 0.05) is 12.6 Å². The molecule has 0 amide bonds. The maximum Gasteiger partial charge on any atom is 0.302 e. The number of rotatable bonds is 5. The summed E-state index contributed by atoms with van der Waals surface area (Å²) in [6, 6.07) is 27.8. The third-order valence-electron chi connectivity index (χ3n) is 4.59. The van der Waals surface area contributed by atoms with Crippen LogP contribution in [-0.2, 0) is 16.1 Å². The Morgan fingerprint density at radius 1 is 0.844 bits per heavy atom. The van der Waals surface area contributed by atoms with Crippen LogP contribution in [0.25, 0.3) is 10.8 Å². The smallest absolute Gasteiger partial charge is 0.302 e. The minimum Gasteiger partial charge on any atom is -0.489 e. The van der Waals surface area contributed by atoms with Gasteiger partial charge in [0.2, 0.25) is 0 Å². The second kappa shape index (κ2) is 11.4. The van der Waals surface area contributed by atoms with Crippen molar-refractivity contribution in [1.29, 1.82) is 0 Å². The fourth-order valence-corrected chi connectivity index (χ4v) is 3.38. The molecule has 0 aromatic heterocycles. The summed E-state index contributed by atoms with van der Waals surface area (Å²) in [6.07, 6.45) is 0. The van der Waals surface area contributed by atoms with Gasteiger partial charge >= 0.3 is 5.97 Å². The van der Waals surface area contributed by atoms with Crippen LogP contribution in [0.15, 0.2) is 84.9 Å². The molecule has 0 bridgehead atoms. The van der Waals surface area contributed by atoms with Gasteiger partial charge in [0.15, 0.2) is 0 Å². The third-order valence-corrected chi connectivity index (χ3v) is 5.22. The molecule has 0 unspecified atom stereocenters. The zero-order chi connectivity index (χ0) is 22.9. The first-order valence-corrected chi connectivity index (χ1v) is 10.7. The molecule has 1 N–H and O–H groups in total. The van der Waals surface area contributed by atoms with Crippen LogP contribution in [-0.4, -0.2) is 13.1 Å².